The van der Waals surface area contributed by atoms with E-state index >= 15 is 0 Å². The lowest BCUT2D eigenvalue weighted by molar-refractivity contribution is 0.411. The third-order valence-electron chi connectivity index (χ3n) is 1.63. The Morgan fingerprint density at radius 3 is 2.45 bits per heavy atom. The van der Waals surface area contributed by atoms with Gasteiger partial charge in [0.25, 0.3) is 0 Å². The summed E-state index contributed by atoms with van der Waals surface area (Å²) < 4.78 is 0. The van der Waals surface area contributed by atoms with Gasteiger partial charge >= 0.3 is 0 Å². The molecule has 0 aliphatic rings. The summed E-state index contributed by atoms with van der Waals surface area (Å²) in [7, 11) is 1.96. The summed E-state index contributed by atoms with van der Waals surface area (Å²) in [6.45, 7) is 7.09. The lowest BCUT2D eigenvalue weighted by Crippen LogP contribution is -2.38. The molecule has 0 saturated heterocycles. The predicted molar refractivity (Wildman–Crippen MR) is 49.7 cm³/mol. The Bertz CT molecular complexity index is 129. The normalized spacial score (nSPS) is 12.3. The first-order valence-electron chi connectivity index (χ1n) is 4.12. The zero-order valence-electron chi connectivity index (χ0n) is 7.96. The van der Waals surface area contributed by atoms with E-state index in [-0.39, 0.29) is 0 Å². The maximum absolute atomic E-state index is 5.68. The fraction of sp³-hybridized carbons (Fsp3) is 0.875. The van der Waals surface area contributed by atoms with Crippen LogP contribution in [0.5, 0.6) is 0 Å². The Balaban J connectivity index is 3.89. The van der Waals surface area contributed by atoms with E-state index < -0.39 is 0 Å². The van der Waals surface area contributed by atoms with Crippen molar-refractivity contribution in [1.29, 1.82) is 0 Å². The molecule has 0 rings (SSSR count). The van der Waals surface area contributed by atoms with Gasteiger partial charge in [-0.05, 0) is 20.3 Å². The van der Waals surface area contributed by atoms with Crippen LogP contribution >= 0.6 is 0 Å². The highest BCUT2D eigenvalue weighted by Crippen LogP contribution is 1.92. The summed E-state index contributed by atoms with van der Waals surface area (Å²) >= 11 is 0. The van der Waals surface area contributed by atoms with Gasteiger partial charge in [0.05, 0.1) is 0 Å². The molecule has 0 aliphatic carbocycles. The van der Waals surface area contributed by atoms with Crippen LogP contribution in [0, 0.1) is 0 Å². The van der Waals surface area contributed by atoms with Crippen molar-refractivity contribution in [2.24, 2.45) is 10.7 Å². The number of hydrogen-bond donors (Lipinski definition) is 1. The van der Waals surface area contributed by atoms with Crippen LogP contribution in [0.15, 0.2) is 4.99 Å². The molecule has 2 N–H and O–H groups in total. The SMILES string of the molecule is CCCN=C(N)N(C)C(C)C. The molecule has 0 spiro atoms. The summed E-state index contributed by atoms with van der Waals surface area (Å²) in [5.41, 5.74) is 5.68. The van der Waals surface area contributed by atoms with E-state index in [0.29, 0.717) is 12.0 Å². The number of nitrogens with zero attached hydrogens (tertiary/aromatic N) is 2. The Hall–Kier alpha value is -0.730. The average molecular weight is 157 g/mol. The van der Waals surface area contributed by atoms with Gasteiger partial charge in [0.1, 0.15) is 0 Å². The standard InChI is InChI=1S/C8H19N3/c1-5-6-10-8(9)11(4)7(2)3/h7H,5-6H2,1-4H3,(H2,9,10). The van der Waals surface area contributed by atoms with Crippen LogP contribution in [0.1, 0.15) is 27.2 Å². The second-order valence-electron chi connectivity index (χ2n) is 2.94. The monoisotopic (exact) mass is 157 g/mol. The molecule has 0 fully saturated rings. The first-order chi connectivity index (χ1) is 5.09. The predicted octanol–water partition coefficient (Wildman–Crippen LogP) is 1.05. The maximum atomic E-state index is 5.68. The molecule has 0 saturated carbocycles. The Labute approximate surface area is 69.3 Å². The molecule has 0 radical (unpaired) electrons. The van der Waals surface area contributed by atoms with E-state index in [0.717, 1.165) is 13.0 Å². The molecule has 0 aromatic rings. The summed E-state index contributed by atoms with van der Waals surface area (Å²) in [5, 5.41) is 0. The maximum Gasteiger partial charge on any atom is 0.191 e. The van der Waals surface area contributed by atoms with Crippen LogP contribution in [-0.4, -0.2) is 30.5 Å². The van der Waals surface area contributed by atoms with Gasteiger partial charge in [0, 0.05) is 19.6 Å². The second kappa shape index (κ2) is 4.99. The summed E-state index contributed by atoms with van der Waals surface area (Å²) in [6.07, 6.45) is 1.05. The van der Waals surface area contributed by atoms with Crippen LogP contribution < -0.4 is 5.73 Å². The Morgan fingerprint density at radius 2 is 2.09 bits per heavy atom. The zero-order chi connectivity index (χ0) is 8.85. The highest BCUT2D eigenvalue weighted by molar-refractivity contribution is 5.77. The third kappa shape index (κ3) is 3.86. The zero-order valence-corrected chi connectivity index (χ0v) is 7.96. The lowest BCUT2D eigenvalue weighted by Gasteiger charge is -2.22. The highest BCUT2D eigenvalue weighted by atomic mass is 15.2. The molecule has 3 nitrogen and oxygen atoms in total. The summed E-state index contributed by atoms with van der Waals surface area (Å²) in [4.78, 5) is 6.15. The summed E-state index contributed by atoms with van der Waals surface area (Å²) in [6, 6.07) is 0.426. The highest BCUT2D eigenvalue weighted by Gasteiger charge is 2.03. The topological polar surface area (TPSA) is 41.6 Å². The molecule has 3 heteroatoms. The molecule has 66 valence electrons. The van der Waals surface area contributed by atoms with E-state index in [1.807, 2.05) is 11.9 Å². The van der Waals surface area contributed by atoms with Crippen LogP contribution in [0.3, 0.4) is 0 Å². The van der Waals surface area contributed by atoms with Crippen molar-refractivity contribution in [2.75, 3.05) is 13.6 Å². The molecule has 0 aromatic carbocycles. The van der Waals surface area contributed by atoms with Gasteiger partial charge in [0.15, 0.2) is 5.96 Å². The minimum atomic E-state index is 0.426. The van der Waals surface area contributed by atoms with E-state index in [9.17, 15) is 0 Å². The van der Waals surface area contributed by atoms with Gasteiger partial charge in [0.2, 0.25) is 0 Å². The van der Waals surface area contributed by atoms with Gasteiger partial charge in [-0.2, -0.15) is 0 Å². The lowest BCUT2D eigenvalue weighted by atomic mass is 10.4. The fourth-order valence-corrected chi connectivity index (χ4v) is 0.602. The van der Waals surface area contributed by atoms with E-state index in [1.54, 1.807) is 0 Å². The molecule has 11 heavy (non-hydrogen) atoms. The van der Waals surface area contributed by atoms with Gasteiger partial charge in [-0.3, -0.25) is 4.99 Å². The van der Waals surface area contributed by atoms with Gasteiger partial charge in [-0.15, -0.1) is 0 Å². The van der Waals surface area contributed by atoms with Crippen LogP contribution in [-0.2, 0) is 0 Å². The van der Waals surface area contributed by atoms with E-state index in [2.05, 4.69) is 25.8 Å². The van der Waals surface area contributed by atoms with Crippen molar-refractivity contribution < 1.29 is 0 Å². The fourth-order valence-electron chi connectivity index (χ4n) is 0.602. The molecule has 0 heterocycles. The second-order valence-corrected chi connectivity index (χ2v) is 2.94. The van der Waals surface area contributed by atoms with Crippen LogP contribution in [0.25, 0.3) is 0 Å². The van der Waals surface area contributed by atoms with Crippen molar-refractivity contribution in [2.45, 2.75) is 33.2 Å². The number of guanidine groups is 1. The van der Waals surface area contributed by atoms with Gasteiger partial charge < -0.3 is 10.6 Å². The van der Waals surface area contributed by atoms with Gasteiger partial charge in [-0.1, -0.05) is 6.92 Å². The quantitative estimate of drug-likeness (QED) is 0.491. The first-order valence-corrected chi connectivity index (χ1v) is 4.12. The number of nitrogens with two attached hydrogens (primary N) is 1. The minimum absolute atomic E-state index is 0.426. The average Bonchev–Trinajstić information content (AvgIpc) is 1.98. The summed E-state index contributed by atoms with van der Waals surface area (Å²) in [5.74, 6) is 0.641. The largest absolute Gasteiger partial charge is 0.370 e. The number of rotatable bonds is 3. The van der Waals surface area contributed by atoms with E-state index in [1.165, 1.54) is 0 Å². The molecule has 0 unspecified atom stereocenters. The molecule has 0 amide bonds. The Kier molecular flexibility index (Phi) is 4.66. The van der Waals surface area contributed by atoms with E-state index in [4.69, 9.17) is 5.73 Å². The van der Waals surface area contributed by atoms with Gasteiger partial charge in [-0.25, -0.2) is 0 Å². The molecule has 0 aromatic heterocycles. The van der Waals surface area contributed by atoms with Crippen molar-refractivity contribution in [3.8, 4) is 0 Å². The number of aliphatic imine (C=N–C) groups is 1. The smallest absolute Gasteiger partial charge is 0.191 e. The Morgan fingerprint density at radius 1 is 1.55 bits per heavy atom. The van der Waals surface area contributed by atoms with Crippen molar-refractivity contribution in [3.05, 3.63) is 0 Å². The van der Waals surface area contributed by atoms with Crippen LogP contribution in [0.2, 0.25) is 0 Å². The molecular weight excluding hydrogens is 138 g/mol. The number of hydrogen-bond acceptors (Lipinski definition) is 1. The third-order valence-corrected chi connectivity index (χ3v) is 1.63. The van der Waals surface area contributed by atoms with Crippen molar-refractivity contribution in [1.82, 2.24) is 4.90 Å². The first kappa shape index (κ1) is 10.3. The molecule has 0 bridgehead atoms. The molecule has 0 atom stereocenters. The van der Waals surface area contributed by atoms with Crippen LogP contribution in [0.4, 0.5) is 0 Å². The van der Waals surface area contributed by atoms with Crippen molar-refractivity contribution >= 4 is 5.96 Å². The van der Waals surface area contributed by atoms with Crippen molar-refractivity contribution in [3.63, 3.8) is 0 Å². The molecule has 0 aliphatic heterocycles. The minimum Gasteiger partial charge on any atom is -0.370 e. The molecular formula is C8H19N3.